The number of aryl methyl sites for hydroxylation is 1. The van der Waals surface area contributed by atoms with Gasteiger partial charge in [-0.15, -0.1) is 0 Å². The summed E-state index contributed by atoms with van der Waals surface area (Å²) in [4.78, 5) is 23.5. The van der Waals surface area contributed by atoms with E-state index in [2.05, 4.69) is 4.72 Å². The topological polar surface area (TPSA) is 90.2 Å². The summed E-state index contributed by atoms with van der Waals surface area (Å²) in [6.07, 6.45) is 1.05. The fourth-order valence-corrected chi connectivity index (χ4v) is 3.97. The minimum Gasteiger partial charge on any atom is -0.302 e. The van der Waals surface area contributed by atoms with E-state index in [0.29, 0.717) is 0 Å². The molecule has 0 aliphatic rings. The van der Waals surface area contributed by atoms with Crippen LogP contribution in [0.3, 0.4) is 0 Å². The number of rotatable bonds is 5. The van der Waals surface area contributed by atoms with Crippen LogP contribution in [0.5, 0.6) is 0 Å². The van der Waals surface area contributed by atoms with Crippen molar-refractivity contribution in [3.63, 3.8) is 0 Å². The molecule has 0 radical (unpaired) electrons. The average Bonchev–Trinajstić information content (AvgIpc) is 2.54. The quantitative estimate of drug-likeness (QED) is 0.861. The Morgan fingerprint density at radius 3 is 2.17 bits per heavy atom. The largest absolute Gasteiger partial charge is 0.330 e. The van der Waals surface area contributed by atoms with Crippen molar-refractivity contribution in [1.29, 1.82) is 0 Å². The first-order valence-electron chi connectivity index (χ1n) is 7.49. The Morgan fingerprint density at radius 1 is 1.04 bits per heavy atom. The monoisotopic (exact) mass is 351 g/mol. The van der Waals surface area contributed by atoms with Crippen molar-refractivity contribution < 1.29 is 8.42 Å². The number of hydrogen-bond acceptors (Lipinski definition) is 4. The molecular weight excluding hydrogens is 330 g/mol. The Kier molecular flexibility index (Phi) is 5.10. The molecule has 2 aromatic rings. The van der Waals surface area contributed by atoms with Gasteiger partial charge in [-0.25, -0.2) is 17.9 Å². The van der Waals surface area contributed by atoms with Crippen LogP contribution >= 0.6 is 0 Å². The molecule has 8 heteroatoms. The minimum atomic E-state index is -4.09. The Balaban J connectivity index is 2.52. The van der Waals surface area contributed by atoms with E-state index in [9.17, 15) is 18.0 Å². The van der Waals surface area contributed by atoms with E-state index in [1.807, 2.05) is 44.2 Å². The van der Waals surface area contributed by atoms with E-state index in [0.717, 1.165) is 20.9 Å². The Labute approximate surface area is 140 Å². The van der Waals surface area contributed by atoms with Crippen LogP contribution in [-0.4, -0.2) is 17.6 Å². The summed E-state index contributed by atoms with van der Waals surface area (Å²) in [5.41, 5.74) is -0.624. The van der Waals surface area contributed by atoms with Crippen molar-refractivity contribution in [3.8, 4) is 0 Å². The van der Waals surface area contributed by atoms with Crippen LogP contribution in [-0.2, 0) is 24.1 Å². The predicted octanol–water partition coefficient (Wildman–Crippen LogP) is 0.760. The first-order chi connectivity index (χ1) is 11.1. The van der Waals surface area contributed by atoms with Crippen molar-refractivity contribution in [2.75, 3.05) is 0 Å². The molecule has 0 amide bonds. The molecule has 1 heterocycles. The van der Waals surface area contributed by atoms with E-state index in [-0.39, 0.29) is 5.92 Å². The molecule has 130 valence electrons. The van der Waals surface area contributed by atoms with Gasteiger partial charge in [0.2, 0.25) is 10.0 Å². The number of benzene rings is 1. The van der Waals surface area contributed by atoms with Crippen LogP contribution < -0.4 is 16.0 Å². The van der Waals surface area contributed by atoms with Crippen LogP contribution in [0, 0.1) is 5.92 Å². The maximum atomic E-state index is 12.7. The van der Waals surface area contributed by atoms with Crippen molar-refractivity contribution in [2.24, 2.45) is 20.0 Å². The first kappa shape index (κ1) is 18.2. The van der Waals surface area contributed by atoms with Gasteiger partial charge in [-0.2, -0.15) is 0 Å². The second-order valence-corrected chi connectivity index (χ2v) is 7.69. The van der Waals surface area contributed by atoms with Gasteiger partial charge in [-0.3, -0.25) is 9.36 Å². The molecule has 0 fully saturated rings. The van der Waals surface area contributed by atoms with Crippen molar-refractivity contribution >= 4 is 10.0 Å². The molecule has 0 spiro atoms. The second-order valence-electron chi connectivity index (χ2n) is 6.00. The van der Waals surface area contributed by atoms with Gasteiger partial charge in [0, 0.05) is 26.3 Å². The van der Waals surface area contributed by atoms with Crippen molar-refractivity contribution in [3.05, 3.63) is 62.9 Å². The summed E-state index contributed by atoms with van der Waals surface area (Å²) in [5.74, 6) is -0.0291. The van der Waals surface area contributed by atoms with Gasteiger partial charge >= 0.3 is 5.69 Å². The number of hydrogen-bond donors (Lipinski definition) is 1. The maximum absolute atomic E-state index is 12.7. The fraction of sp³-hybridized carbons (Fsp3) is 0.375. The molecule has 24 heavy (non-hydrogen) atoms. The molecule has 0 bridgehead atoms. The Hall–Kier alpha value is -2.19. The number of aromatic nitrogens is 2. The van der Waals surface area contributed by atoms with E-state index < -0.39 is 32.2 Å². The lowest BCUT2D eigenvalue weighted by Crippen LogP contribution is -2.42. The van der Waals surface area contributed by atoms with Crippen molar-refractivity contribution in [2.45, 2.75) is 24.8 Å². The predicted molar refractivity (Wildman–Crippen MR) is 91.3 cm³/mol. The standard InChI is InChI=1S/C16H21N3O4S/c1-11(2)14(12-8-6-5-7-9-12)17-24(22,23)13-10-18(3)16(21)19(4)15(13)20/h5-11,14,17H,1-4H3. The zero-order valence-electron chi connectivity index (χ0n) is 14.1. The second kappa shape index (κ2) is 6.74. The lowest BCUT2D eigenvalue weighted by molar-refractivity contribution is 0.461. The summed E-state index contributed by atoms with van der Waals surface area (Å²) in [6.45, 7) is 3.78. The number of nitrogens with zero attached hydrogens (tertiary/aromatic N) is 2. The van der Waals surface area contributed by atoms with Crippen LogP contribution in [0.15, 0.2) is 51.0 Å². The highest BCUT2D eigenvalue weighted by Gasteiger charge is 2.27. The molecule has 0 aliphatic heterocycles. The Bertz CT molecular complexity index is 944. The Morgan fingerprint density at radius 2 is 1.62 bits per heavy atom. The fourth-order valence-electron chi connectivity index (χ4n) is 2.44. The van der Waals surface area contributed by atoms with Crippen LogP contribution in [0.1, 0.15) is 25.5 Å². The van der Waals surface area contributed by atoms with E-state index in [1.165, 1.54) is 14.1 Å². The third-order valence-electron chi connectivity index (χ3n) is 3.81. The molecular formula is C16H21N3O4S. The highest BCUT2D eigenvalue weighted by molar-refractivity contribution is 7.89. The summed E-state index contributed by atoms with van der Waals surface area (Å²) in [6, 6.07) is 8.66. The number of nitrogens with one attached hydrogen (secondary N) is 1. The summed E-state index contributed by atoms with van der Waals surface area (Å²) >= 11 is 0. The van der Waals surface area contributed by atoms with Crippen molar-refractivity contribution in [1.82, 2.24) is 13.9 Å². The van der Waals surface area contributed by atoms with Gasteiger partial charge in [0.25, 0.3) is 5.56 Å². The van der Waals surface area contributed by atoms with Crippen LogP contribution in [0.2, 0.25) is 0 Å². The third-order valence-corrected chi connectivity index (χ3v) is 5.24. The highest BCUT2D eigenvalue weighted by Crippen LogP contribution is 2.23. The van der Waals surface area contributed by atoms with Gasteiger partial charge < -0.3 is 4.57 Å². The first-order valence-corrected chi connectivity index (χ1v) is 8.97. The smallest absolute Gasteiger partial charge is 0.302 e. The third kappa shape index (κ3) is 3.49. The zero-order chi connectivity index (χ0) is 18.1. The molecule has 2 rings (SSSR count). The summed E-state index contributed by atoms with van der Waals surface area (Å²) in [7, 11) is -1.44. The molecule has 1 aromatic carbocycles. The molecule has 0 saturated carbocycles. The lowest BCUT2D eigenvalue weighted by atomic mass is 9.97. The van der Waals surface area contributed by atoms with Crippen LogP contribution in [0.25, 0.3) is 0 Å². The van der Waals surface area contributed by atoms with Gasteiger partial charge in [0.15, 0.2) is 4.90 Å². The molecule has 1 aromatic heterocycles. The SMILES string of the molecule is CC(C)C(NS(=O)(=O)c1cn(C)c(=O)n(C)c1=O)c1ccccc1. The normalized spacial score (nSPS) is 13.2. The van der Waals surface area contributed by atoms with Gasteiger partial charge in [0.05, 0.1) is 0 Å². The van der Waals surface area contributed by atoms with Gasteiger partial charge in [0.1, 0.15) is 0 Å². The average molecular weight is 351 g/mol. The van der Waals surface area contributed by atoms with E-state index in [1.54, 1.807) is 0 Å². The summed E-state index contributed by atoms with van der Waals surface area (Å²) < 4.78 is 29.9. The highest BCUT2D eigenvalue weighted by atomic mass is 32.2. The number of sulfonamides is 1. The maximum Gasteiger partial charge on any atom is 0.330 e. The van der Waals surface area contributed by atoms with E-state index in [4.69, 9.17) is 0 Å². The zero-order valence-corrected chi connectivity index (χ0v) is 14.9. The molecule has 7 nitrogen and oxygen atoms in total. The van der Waals surface area contributed by atoms with Crippen LogP contribution in [0.4, 0.5) is 0 Å². The molecule has 1 unspecified atom stereocenters. The molecule has 1 atom stereocenters. The van der Waals surface area contributed by atoms with Gasteiger partial charge in [-0.05, 0) is 11.5 Å². The molecule has 0 aliphatic carbocycles. The van der Waals surface area contributed by atoms with Gasteiger partial charge in [-0.1, -0.05) is 44.2 Å². The minimum absolute atomic E-state index is 0.0291. The molecule has 0 saturated heterocycles. The molecule has 1 N–H and O–H groups in total. The van der Waals surface area contributed by atoms with E-state index >= 15 is 0 Å². The summed E-state index contributed by atoms with van der Waals surface area (Å²) in [5, 5.41) is 0. The lowest BCUT2D eigenvalue weighted by Gasteiger charge is -2.22.